The minimum absolute atomic E-state index is 0.00887. The Kier molecular flexibility index (Phi) is 15.2. The first-order chi connectivity index (χ1) is 17.2. The molecule has 0 aliphatic heterocycles. The maximum Gasteiger partial charge on any atom is 0.256 e. The lowest BCUT2D eigenvalue weighted by Gasteiger charge is -2.28. The lowest BCUT2D eigenvalue weighted by molar-refractivity contribution is 0.0671. The number of halogens is 3. The van der Waals surface area contributed by atoms with Crippen LogP contribution in [0.1, 0.15) is 31.1 Å². The lowest BCUT2D eigenvalue weighted by atomic mass is 10.0. The molecular formula is C21H30Br3N3O9. The number of aliphatic hydroxyl groups is 6. The highest BCUT2D eigenvalue weighted by molar-refractivity contribution is 9.11. The number of hydrogen-bond donors (Lipinski definition) is 6. The minimum atomic E-state index is -0.709. The Morgan fingerprint density at radius 2 is 0.611 bits per heavy atom. The molecule has 0 fully saturated rings. The smallest absolute Gasteiger partial charge is 0.256 e. The van der Waals surface area contributed by atoms with Crippen LogP contribution >= 0.6 is 47.8 Å². The Labute approximate surface area is 233 Å². The number of carbonyl (C=O) groups excluding carboxylic acids is 3. The molecule has 0 saturated carbocycles. The van der Waals surface area contributed by atoms with Gasteiger partial charge in [0.15, 0.2) is 0 Å². The summed E-state index contributed by atoms with van der Waals surface area (Å²) < 4.78 is -0.0266. The molecule has 1 aromatic carbocycles. The van der Waals surface area contributed by atoms with Crippen LogP contribution in [0, 0.1) is 0 Å². The zero-order chi connectivity index (χ0) is 27.4. The molecule has 204 valence electrons. The van der Waals surface area contributed by atoms with Crippen molar-refractivity contribution >= 4 is 65.5 Å². The first-order valence-electron chi connectivity index (χ1n) is 10.9. The molecule has 0 unspecified atom stereocenters. The van der Waals surface area contributed by atoms with Crippen LogP contribution in [0.25, 0.3) is 0 Å². The molecule has 3 amide bonds. The molecule has 0 aliphatic rings. The fourth-order valence-electron chi connectivity index (χ4n) is 3.37. The summed E-state index contributed by atoms with van der Waals surface area (Å²) in [7, 11) is 0. The zero-order valence-electron chi connectivity index (χ0n) is 19.4. The van der Waals surface area contributed by atoms with Crippen LogP contribution in [0.5, 0.6) is 0 Å². The second-order valence-corrected chi connectivity index (χ2v) is 9.66. The van der Waals surface area contributed by atoms with Crippen molar-refractivity contribution in [1.82, 2.24) is 14.7 Å². The molecule has 15 heteroatoms. The summed E-state index contributed by atoms with van der Waals surface area (Å²) in [5.74, 6) is -2.13. The van der Waals surface area contributed by atoms with Gasteiger partial charge in [0.2, 0.25) is 0 Å². The van der Waals surface area contributed by atoms with Crippen LogP contribution in [0.2, 0.25) is 0 Å². The van der Waals surface area contributed by atoms with Crippen molar-refractivity contribution in [3.8, 4) is 0 Å². The predicted molar refractivity (Wildman–Crippen MR) is 140 cm³/mol. The standard InChI is InChI=1S/C21H30Br3N3O9/c22-16-13(19(34)25(1-7-28)2-8-29)17(23)15(21(36)27(5-11-32)6-12-33)18(24)14(16)20(35)26(3-9-30)4-10-31/h28-33H,1-12H2. The minimum Gasteiger partial charge on any atom is -0.395 e. The van der Waals surface area contributed by atoms with E-state index in [2.05, 4.69) is 47.8 Å². The highest BCUT2D eigenvalue weighted by atomic mass is 79.9. The highest BCUT2D eigenvalue weighted by Gasteiger charge is 2.34. The van der Waals surface area contributed by atoms with Gasteiger partial charge in [-0.05, 0) is 47.8 Å². The van der Waals surface area contributed by atoms with E-state index in [9.17, 15) is 45.0 Å². The average molecular weight is 708 g/mol. The molecule has 0 atom stereocenters. The normalized spacial score (nSPS) is 10.9. The van der Waals surface area contributed by atoms with E-state index in [1.54, 1.807) is 0 Å². The van der Waals surface area contributed by atoms with Crippen molar-refractivity contribution in [3.63, 3.8) is 0 Å². The van der Waals surface area contributed by atoms with Gasteiger partial charge in [0.05, 0.1) is 56.3 Å². The van der Waals surface area contributed by atoms with Crippen LogP contribution in [0.3, 0.4) is 0 Å². The van der Waals surface area contributed by atoms with E-state index in [0.717, 1.165) is 14.7 Å². The number of benzene rings is 1. The van der Waals surface area contributed by atoms with Crippen molar-refractivity contribution in [2.24, 2.45) is 0 Å². The van der Waals surface area contributed by atoms with Gasteiger partial charge in [-0.15, -0.1) is 0 Å². The topological polar surface area (TPSA) is 182 Å². The van der Waals surface area contributed by atoms with E-state index < -0.39 is 57.4 Å². The van der Waals surface area contributed by atoms with Crippen molar-refractivity contribution in [1.29, 1.82) is 0 Å². The summed E-state index contributed by atoms with van der Waals surface area (Å²) in [6.45, 7) is -3.25. The third-order valence-electron chi connectivity index (χ3n) is 5.04. The molecular weight excluding hydrogens is 678 g/mol. The van der Waals surface area contributed by atoms with Gasteiger partial charge in [0.25, 0.3) is 17.7 Å². The van der Waals surface area contributed by atoms with E-state index >= 15 is 0 Å². The lowest BCUT2D eigenvalue weighted by Crippen LogP contribution is -2.40. The van der Waals surface area contributed by atoms with Crippen LogP contribution in [0.15, 0.2) is 13.4 Å². The summed E-state index contributed by atoms with van der Waals surface area (Å²) in [6, 6.07) is 0. The predicted octanol–water partition coefficient (Wildman–Crippen LogP) is -0.746. The number of aliphatic hydroxyl groups excluding tert-OH is 6. The van der Waals surface area contributed by atoms with E-state index in [1.807, 2.05) is 0 Å². The number of rotatable bonds is 15. The summed E-state index contributed by atoms with van der Waals surface area (Å²) in [5.41, 5.74) is -0.437. The fourth-order valence-corrected chi connectivity index (χ4v) is 6.38. The Hall–Kier alpha value is -1.17. The van der Waals surface area contributed by atoms with Crippen LogP contribution < -0.4 is 0 Å². The Bertz CT molecular complexity index is 767. The molecule has 0 saturated heterocycles. The maximum atomic E-state index is 13.5. The Morgan fingerprint density at radius 3 is 0.750 bits per heavy atom. The van der Waals surface area contributed by atoms with Gasteiger partial charge < -0.3 is 45.3 Å². The van der Waals surface area contributed by atoms with Crippen molar-refractivity contribution < 1.29 is 45.0 Å². The van der Waals surface area contributed by atoms with Gasteiger partial charge in [-0.3, -0.25) is 14.4 Å². The second kappa shape index (κ2) is 16.6. The van der Waals surface area contributed by atoms with Gasteiger partial charge in [-0.2, -0.15) is 0 Å². The third-order valence-corrected chi connectivity index (χ3v) is 7.42. The second-order valence-electron chi connectivity index (χ2n) is 7.29. The number of carbonyl (C=O) groups is 3. The average Bonchev–Trinajstić information content (AvgIpc) is 2.83. The number of nitrogens with zero attached hydrogens (tertiary/aromatic N) is 3. The molecule has 36 heavy (non-hydrogen) atoms. The quantitative estimate of drug-likeness (QED) is 0.137. The number of amides is 3. The molecule has 0 aliphatic carbocycles. The van der Waals surface area contributed by atoms with Crippen molar-refractivity contribution in [2.75, 3.05) is 78.9 Å². The Balaban J connectivity index is 3.97. The highest BCUT2D eigenvalue weighted by Crippen LogP contribution is 2.41. The monoisotopic (exact) mass is 705 g/mol. The maximum absolute atomic E-state index is 13.5. The molecule has 0 radical (unpaired) electrons. The van der Waals surface area contributed by atoms with Gasteiger partial charge in [0, 0.05) is 52.7 Å². The largest absolute Gasteiger partial charge is 0.395 e. The summed E-state index contributed by atoms with van der Waals surface area (Å²) >= 11 is 9.89. The first kappa shape index (κ1) is 32.9. The van der Waals surface area contributed by atoms with Crippen molar-refractivity contribution in [3.05, 3.63) is 30.1 Å². The van der Waals surface area contributed by atoms with E-state index in [0.29, 0.717) is 0 Å². The summed E-state index contributed by atoms with van der Waals surface area (Å²) in [5, 5.41) is 56.3. The molecule has 0 spiro atoms. The van der Waals surface area contributed by atoms with Crippen LogP contribution in [-0.4, -0.2) is 142 Å². The molecule has 6 N–H and O–H groups in total. The van der Waals surface area contributed by atoms with E-state index in [-0.39, 0.29) is 69.4 Å². The van der Waals surface area contributed by atoms with Gasteiger partial charge in [0.1, 0.15) is 0 Å². The Morgan fingerprint density at radius 1 is 0.444 bits per heavy atom. The molecule has 1 aromatic rings. The van der Waals surface area contributed by atoms with Crippen molar-refractivity contribution in [2.45, 2.75) is 0 Å². The molecule has 0 heterocycles. The zero-order valence-corrected chi connectivity index (χ0v) is 24.1. The molecule has 1 rings (SSSR count). The van der Waals surface area contributed by atoms with Gasteiger partial charge >= 0.3 is 0 Å². The SMILES string of the molecule is O=C(c1c(Br)c(C(=O)N(CCO)CCO)c(Br)c(C(=O)N(CCO)CCO)c1Br)N(CCO)CCO. The summed E-state index contributed by atoms with van der Waals surface area (Å²) in [6.07, 6.45) is 0. The molecule has 0 aromatic heterocycles. The van der Waals surface area contributed by atoms with Crippen LogP contribution in [-0.2, 0) is 0 Å². The molecule has 12 nitrogen and oxygen atoms in total. The van der Waals surface area contributed by atoms with E-state index in [1.165, 1.54) is 0 Å². The molecule has 0 bridgehead atoms. The fraction of sp³-hybridized carbons (Fsp3) is 0.571. The third kappa shape index (κ3) is 7.91. The van der Waals surface area contributed by atoms with Crippen LogP contribution in [0.4, 0.5) is 0 Å². The van der Waals surface area contributed by atoms with Gasteiger partial charge in [-0.1, -0.05) is 0 Å². The van der Waals surface area contributed by atoms with Gasteiger partial charge in [-0.25, -0.2) is 0 Å². The van der Waals surface area contributed by atoms with E-state index in [4.69, 9.17) is 0 Å². The summed E-state index contributed by atoms with van der Waals surface area (Å²) in [4.78, 5) is 43.9. The number of hydrogen-bond acceptors (Lipinski definition) is 9. The first-order valence-corrected chi connectivity index (χ1v) is 13.3.